The molecule has 0 bridgehead atoms. The van der Waals surface area contributed by atoms with Crippen molar-refractivity contribution in [3.63, 3.8) is 0 Å². The van der Waals surface area contributed by atoms with Crippen LogP contribution in [0.3, 0.4) is 0 Å². The van der Waals surface area contributed by atoms with Crippen LogP contribution in [0, 0.1) is 12.8 Å². The van der Waals surface area contributed by atoms with Gasteiger partial charge in [-0.2, -0.15) is 13.2 Å². The molecule has 1 aliphatic heterocycles. The van der Waals surface area contributed by atoms with E-state index in [9.17, 15) is 18.0 Å². The molecule has 26 heavy (non-hydrogen) atoms. The molecule has 0 radical (unpaired) electrons. The van der Waals surface area contributed by atoms with E-state index >= 15 is 0 Å². The predicted molar refractivity (Wildman–Crippen MR) is 93.0 cm³/mol. The van der Waals surface area contributed by atoms with Crippen LogP contribution in [0.1, 0.15) is 45.8 Å². The molecule has 2 heterocycles. The Morgan fingerprint density at radius 1 is 1.35 bits per heavy atom. The highest BCUT2D eigenvalue weighted by atomic mass is 32.1. The van der Waals surface area contributed by atoms with E-state index < -0.39 is 11.7 Å². The van der Waals surface area contributed by atoms with Gasteiger partial charge in [0.25, 0.3) is 5.91 Å². The number of rotatable bonds is 4. The average Bonchev–Trinajstić information content (AvgIpc) is 3.05. The van der Waals surface area contributed by atoms with Gasteiger partial charge in [-0.3, -0.25) is 4.79 Å². The highest BCUT2D eigenvalue weighted by molar-refractivity contribution is 7.07. The molecule has 1 saturated heterocycles. The van der Waals surface area contributed by atoms with Crippen LogP contribution in [0.25, 0.3) is 0 Å². The number of hydrogen-bond acceptors (Lipinski definition) is 4. The highest BCUT2D eigenvalue weighted by Gasteiger charge is 2.33. The maximum absolute atomic E-state index is 13.1. The molecule has 1 aromatic heterocycles. The number of carbonyl (C=O) groups is 1. The van der Waals surface area contributed by atoms with E-state index in [1.165, 1.54) is 6.07 Å². The summed E-state index contributed by atoms with van der Waals surface area (Å²) in [6, 6.07) is 5.73. The van der Waals surface area contributed by atoms with Gasteiger partial charge in [0.2, 0.25) is 0 Å². The largest absolute Gasteiger partial charge is 0.416 e. The van der Waals surface area contributed by atoms with Gasteiger partial charge in [-0.05, 0) is 61.7 Å². The fourth-order valence-corrected chi connectivity index (χ4v) is 4.06. The Labute approximate surface area is 154 Å². The number of hydrogen-bond donors (Lipinski definition) is 0. The van der Waals surface area contributed by atoms with Gasteiger partial charge in [-0.1, -0.05) is 22.7 Å². The minimum absolute atomic E-state index is 0.0714. The maximum atomic E-state index is 13.1. The molecule has 8 heteroatoms. The number of piperidine rings is 1. The van der Waals surface area contributed by atoms with E-state index in [0.29, 0.717) is 42.1 Å². The van der Waals surface area contributed by atoms with Crippen molar-refractivity contribution in [2.75, 3.05) is 13.1 Å². The fourth-order valence-electron chi connectivity index (χ4n) is 3.43. The molecule has 0 unspecified atom stereocenters. The quantitative estimate of drug-likeness (QED) is 0.789. The number of benzene rings is 1. The number of aryl methyl sites for hydroxylation is 2. The molecule has 3 rings (SSSR count). The van der Waals surface area contributed by atoms with Crippen molar-refractivity contribution in [1.82, 2.24) is 14.5 Å². The third-order valence-corrected chi connectivity index (χ3v) is 5.61. The SMILES string of the molecule is Cc1nnsc1C(=O)N1CCC[C@H](CCc2ccccc2C(F)(F)F)C1. The first kappa shape index (κ1) is 18.8. The topological polar surface area (TPSA) is 46.1 Å². The van der Waals surface area contributed by atoms with Crippen LogP contribution in [-0.4, -0.2) is 33.5 Å². The van der Waals surface area contributed by atoms with E-state index in [2.05, 4.69) is 9.59 Å². The van der Waals surface area contributed by atoms with Crippen molar-refractivity contribution in [2.24, 2.45) is 5.92 Å². The summed E-state index contributed by atoms with van der Waals surface area (Å²) in [5.74, 6) is 0.132. The van der Waals surface area contributed by atoms with Gasteiger partial charge in [0.05, 0.1) is 11.3 Å². The second-order valence-corrected chi connectivity index (χ2v) is 7.39. The number of alkyl halides is 3. The summed E-state index contributed by atoms with van der Waals surface area (Å²) in [6.07, 6.45) is -1.54. The molecule has 0 saturated carbocycles. The van der Waals surface area contributed by atoms with E-state index in [4.69, 9.17) is 0 Å². The lowest BCUT2D eigenvalue weighted by molar-refractivity contribution is -0.138. The van der Waals surface area contributed by atoms with Crippen LogP contribution >= 0.6 is 11.5 Å². The van der Waals surface area contributed by atoms with Crippen LogP contribution in [0.2, 0.25) is 0 Å². The molecule has 1 fully saturated rings. The van der Waals surface area contributed by atoms with Crippen LogP contribution in [-0.2, 0) is 12.6 Å². The number of aromatic nitrogens is 2. The molecule has 1 atom stereocenters. The summed E-state index contributed by atoms with van der Waals surface area (Å²) < 4.78 is 43.1. The summed E-state index contributed by atoms with van der Waals surface area (Å²) >= 11 is 1.09. The normalized spacial score (nSPS) is 18.2. The first-order valence-electron chi connectivity index (χ1n) is 8.59. The summed E-state index contributed by atoms with van der Waals surface area (Å²) in [5, 5.41) is 3.87. The monoisotopic (exact) mass is 383 g/mol. The third kappa shape index (κ3) is 4.23. The molecule has 1 aromatic carbocycles. The summed E-state index contributed by atoms with van der Waals surface area (Å²) in [6.45, 7) is 3.00. The van der Waals surface area contributed by atoms with E-state index in [0.717, 1.165) is 30.4 Å². The third-order valence-electron chi connectivity index (χ3n) is 4.80. The van der Waals surface area contributed by atoms with Gasteiger partial charge < -0.3 is 4.90 Å². The maximum Gasteiger partial charge on any atom is 0.416 e. The summed E-state index contributed by atoms with van der Waals surface area (Å²) in [5.41, 5.74) is 0.391. The van der Waals surface area contributed by atoms with Crippen molar-refractivity contribution < 1.29 is 18.0 Å². The van der Waals surface area contributed by atoms with Crippen molar-refractivity contribution >= 4 is 17.4 Å². The van der Waals surface area contributed by atoms with Gasteiger partial charge in [0, 0.05) is 13.1 Å². The molecule has 2 aromatic rings. The number of likely N-dealkylation sites (tertiary alicyclic amines) is 1. The highest BCUT2D eigenvalue weighted by Crippen LogP contribution is 2.33. The van der Waals surface area contributed by atoms with Crippen molar-refractivity contribution in [3.8, 4) is 0 Å². The first-order chi connectivity index (χ1) is 12.4. The Kier molecular flexibility index (Phi) is 5.60. The Balaban J connectivity index is 1.63. The van der Waals surface area contributed by atoms with Crippen LogP contribution < -0.4 is 0 Å². The van der Waals surface area contributed by atoms with Gasteiger partial charge >= 0.3 is 6.18 Å². The van der Waals surface area contributed by atoms with Gasteiger partial charge in [-0.25, -0.2) is 0 Å². The first-order valence-corrected chi connectivity index (χ1v) is 9.37. The molecule has 0 N–H and O–H groups in total. The average molecular weight is 383 g/mol. The van der Waals surface area contributed by atoms with Crippen LogP contribution in [0.4, 0.5) is 13.2 Å². The molecule has 1 aliphatic rings. The zero-order valence-corrected chi connectivity index (χ0v) is 15.2. The predicted octanol–water partition coefficient (Wildman–Crippen LogP) is 4.35. The fraction of sp³-hybridized carbons (Fsp3) is 0.500. The minimum Gasteiger partial charge on any atom is -0.338 e. The van der Waals surface area contributed by atoms with Gasteiger partial charge in [0.1, 0.15) is 4.88 Å². The number of amides is 1. The van der Waals surface area contributed by atoms with Gasteiger partial charge in [0.15, 0.2) is 0 Å². The second-order valence-electron chi connectivity index (χ2n) is 6.64. The molecule has 1 amide bonds. The molecule has 140 valence electrons. The number of halogens is 3. The lowest BCUT2D eigenvalue weighted by Gasteiger charge is -2.32. The van der Waals surface area contributed by atoms with E-state index in [1.807, 2.05) is 0 Å². The Morgan fingerprint density at radius 2 is 2.12 bits per heavy atom. The molecular formula is C18H20F3N3OS. The summed E-state index contributed by atoms with van der Waals surface area (Å²) in [7, 11) is 0. The number of nitrogens with zero attached hydrogens (tertiary/aromatic N) is 3. The van der Waals surface area contributed by atoms with Crippen LogP contribution in [0.15, 0.2) is 24.3 Å². The molecule has 4 nitrogen and oxygen atoms in total. The van der Waals surface area contributed by atoms with Crippen LogP contribution in [0.5, 0.6) is 0 Å². The molecule has 0 aliphatic carbocycles. The summed E-state index contributed by atoms with van der Waals surface area (Å²) in [4.78, 5) is 14.9. The Hall–Kier alpha value is -1.96. The van der Waals surface area contributed by atoms with Crippen molar-refractivity contribution in [1.29, 1.82) is 0 Å². The zero-order chi connectivity index (χ0) is 18.7. The molecular weight excluding hydrogens is 363 g/mol. The van der Waals surface area contributed by atoms with E-state index in [1.54, 1.807) is 24.0 Å². The Morgan fingerprint density at radius 3 is 2.81 bits per heavy atom. The minimum atomic E-state index is -4.33. The van der Waals surface area contributed by atoms with E-state index in [-0.39, 0.29) is 11.8 Å². The molecule has 0 spiro atoms. The van der Waals surface area contributed by atoms with Crippen molar-refractivity contribution in [2.45, 2.75) is 38.8 Å². The van der Waals surface area contributed by atoms with Gasteiger partial charge in [-0.15, -0.1) is 5.10 Å². The lowest BCUT2D eigenvalue weighted by atomic mass is 9.90. The number of carbonyl (C=O) groups excluding carboxylic acids is 1. The van der Waals surface area contributed by atoms with Crippen molar-refractivity contribution in [3.05, 3.63) is 46.0 Å². The lowest BCUT2D eigenvalue weighted by Crippen LogP contribution is -2.40. The zero-order valence-electron chi connectivity index (χ0n) is 14.4. The standard InChI is InChI=1S/C18H20F3N3OS/c1-12-16(26-23-22-12)17(25)24-10-4-5-13(11-24)8-9-14-6-2-3-7-15(14)18(19,20)21/h2-3,6-7,13H,4-5,8-11H2,1H3/t13-/m1/s1. The second kappa shape index (κ2) is 7.73. The smallest absolute Gasteiger partial charge is 0.338 e. The Bertz CT molecular complexity index is 775.